The van der Waals surface area contributed by atoms with Crippen LogP contribution in [0.4, 0.5) is 18.9 Å². The first-order chi connectivity index (χ1) is 15.1. The third-order valence-corrected chi connectivity index (χ3v) is 4.73. The molecule has 32 heavy (non-hydrogen) atoms. The number of carbonyl (C=O) groups is 2. The Morgan fingerprint density at radius 2 is 1.84 bits per heavy atom. The topological polar surface area (TPSA) is 85.2 Å². The molecule has 0 aliphatic rings. The molecule has 0 aliphatic carbocycles. The van der Waals surface area contributed by atoms with Gasteiger partial charge in [0.2, 0.25) is 5.91 Å². The summed E-state index contributed by atoms with van der Waals surface area (Å²) in [6.45, 7) is 2.99. The van der Waals surface area contributed by atoms with Crippen molar-refractivity contribution >= 4 is 17.5 Å². The van der Waals surface area contributed by atoms with Gasteiger partial charge in [-0.1, -0.05) is 18.2 Å². The lowest BCUT2D eigenvalue weighted by molar-refractivity contribution is -0.137. The van der Waals surface area contributed by atoms with Crippen LogP contribution in [0.15, 0.2) is 48.7 Å². The van der Waals surface area contributed by atoms with E-state index < -0.39 is 23.6 Å². The number of nitrogens with zero attached hydrogens (tertiary/aromatic N) is 2. The van der Waals surface area contributed by atoms with Crippen molar-refractivity contribution in [1.29, 1.82) is 0 Å². The Bertz CT molecular complexity index is 1160. The van der Waals surface area contributed by atoms with Crippen molar-refractivity contribution in [1.82, 2.24) is 15.1 Å². The van der Waals surface area contributed by atoms with Gasteiger partial charge in [0.15, 0.2) is 0 Å². The number of hydrogen-bond donors (Lipinski definition) is 2. The number of alkyl halides is 3. The molecule has 3 rings (SSSR count). The fourth-order valence-corrected chi connectivity index (χ4v) is 3.14. The van der Waals surface area contributed by atoms with Crippen molar-refractivity contribution in [3.8, 4) is 11.4 Å². The first kappa shape index (κ1) is 22.9. The molecule has 0 fully saturated rings. The Morgan fingerprint density at radius 1 is 1.12 bits per heavy atom. The molecule has 0 aliphatic heterocycles. The van der Waals surface area contributed by atoms with Crippen molar-refractivity contribution in [3.63, 3.8) is 0 Å². The molecule has 0 spiro atoms. The van der Waals surface area contributed by atoms with E-state index >= 15 is 0 Å². The monoisotopic (exact) mass is 446 g/mol. The summed E-state index contributed by atoms with van der Waals surface area (Å²) in [4.78, 5) is 24.8. The Morgan fingerprint density at radius 3 is 2.53 bits per heavy atom. The minimum atomic E-state index is -4.58. The normalized spacial score (nSPS) is 11.2. The maximum atomic E-state index is 13.3. The van der Waals surface area contributed by atoms with Crippen molar-refractivity contribution in [2.75, 3.05) is 19.0 Å². The highest BCUT2D eigenvalue weighted by atomic mass is 19.4. The molecular formula is C22H21F3N4O3. The van der Waals surface area contributed by atoms with Gasteiger partial charge in [-0.15, -0.1) is 0 Å². The van der Waals surface area contributed by atoms with Crippen molar-refractivity contribution in [2.24, 2.45) is 0 Å². The van der Waals surface area contributed by atoms with Crippen molar-refractivity contribution in [2.45, 2.75) is 20.0 Å². The second-order valence-corrected chi connectivity index (χ2v) is 7.00. The van der Waals surface area contributed by atoms with Crippen molar-refractivity contribution in [3.05, 3.63) is 71.0 Å². The average Bonchev–Trinajstić information content (AvgIpc) is 3.13. The summed E-state index contributed by atoms with van der Waals surface area (Å²) >= 11 is 0. The number of benzene rings is 2. The summed E-state index contributed by atoms with van der Waals surface area (Å²) in [5.41, 5.74) is 0.570. The number of methoxy groups -OCH3 is 1. The van der Waals surface area contributed by atoms with E-state index in [9.17, 15) is 22.8 Å². The minimum Gasteiger partial charge on any atom is -0.495 e. The second kappa shape index (κ2) is 9.13. The molecule has 7 nitrogen and oxygen atoms in total. The van der Waals surface area contributed by atoms with E-state index in [2.05, 4.69) is 15.7 Å². The number of para-hydroxylation sites is 1. The lowest BCUT2D eigenvalue weighted by atomic mass is 10.1. The SMILES string of the molecule is COc1ccc(C)cc1NC(=O)CNC(=O)c1cnn(-c2ccccc2C(F)(F)F)c1C. The number of hydrogen-bond acceptors (Lipinski definition) is 4. The standard InChI is InChI=1S/C22H21F3N4O3/c1-13-8-9-19(32-3)17(10-13)28-20(30)12-26-21(31)15-11-27-29(14(15)2)18-7-5-4-6-16(18)22(23,24)25/h4-11H,12H2,1-3H3,(H,26,31)(H,28,30). The van der Waals surface area contributed by atoms with Gasteiger partial charge in [-0.2, -0.15) is 18.3 Å². The Kier molecular flexibility index (Phi) is 6.52. The van der Waals surface area contributed by atoms with Crippen LogP contribution < -0.4 is 15.4 Å². The number of carbonyl (C=O) groups excluding carboxylic acids is 2. The molecular weight excluding hydrogens is 425 g/mol. The van der Waals surface area contributed by atoms with Gasteiger partial charge >= 0.3 is 6.18 Å². The number of nitrogens with one attached hydrogen (secondary N) is 2. The number of aryl methyl sites for hydroxylation is 1. The highest BCUT2D eigenvalue weighted by Gasteiger charge is 2.34. The van der Waals surface area contributed by atoms with Gasteiger partial charge in [0.25, 0.3) is 5.91 Å². The van der Waals surface area contributed by atoms with Crippen LogP contribution in [0.1, 0.15) is 27.2 Å². The van der Waals surface area contributed by atoms with E-state index in [1.165, 1.54) is 38.4 Å². The molecule has 1 heterocycles. The smallest absolute Gasteiger partial charge is 0.418 e. The van der Waals surface area contributed by atoms with Crippen molar-refractivity contribution < 1.29 is 27.5 Å². The molecule has 168 valence electrons. The molecule has 2 aromatic carbocycles. The molecule has 0 bridgehead atoms. The van der Waals surface area contributed by atoms with Crippen LogP contribution >= 0.6 is 0 Å². The van der Waals surface area contributed by atoms with Gasteiger partial charge in [-0.05, 0) is 43.7 Å². The molecule has 0 saturated heterocycles. The number of aromatic nitrogens is 2. The first-order valence-corrected chi connectivity index (χ1v) is 9.55. The number of rotatable bonds is 6. The highest BCUT2D eigenvalue weighted by Crippen LogP contribution is 2.34. The fourth-order valence-electron chi connectivity index (χ4n) is 3.14. The number of anilines is 1. The summed E-state index contributed by atoms with van der Waals surface area (Å²) in [6, 6.07) is 10.2. The largest absolute Gasteiger partial charge is 0.495 e. The zero-order valence-corrected chi connectivity index (χ0v) is 17.6. The zero-order chi connectivity index (χ0) is 23.5. The summed E-state index contributed by atoms with van der Waals surface area (Å²) in [5.74, 6) is -0.657. The van der Waals surface area contributed by atoms with Gasteiger partial charge in [-0.3, -0.25) is 9.59 Å². The van der Waals surface area contributed by atoms with E-state index in [4.69, 9.17) is 4.74 Å². The van der Waals surface area contributed by atoms with Gasteiger partial charge in [0, 0.05) is 0 Å². The maximum absolute atomic E-state index is 13.3. The molecule has 2 amide bonds. The van der Waals surface area contributed by atoms with Crippen LogP contribution in [0, 0.1) is 13.8 Å². The number of ether oxygens (including phenoxy) is 1. The lowest BCUT2D eigenvalue weighted by Crippen LogP contribution is -2.33. The molecule has 0 radical (unpaired) electrons. The Balaban J connectivity index is 1.72. The van der Waals surface area contributed by atoms with Gasteiger partial charge < -0.3 is 15.4 Å². The van der Waals surface area contributed by atoms with E-state index in [-0.39, 0.29) is 23.5 Å². The quantitative estimate of drug-likeness (QED) is 0.602. The number of amides is 2. The molecule has 10 heteroatoms. The van der Waals surface area contributed by atoms with Gasteiger partial charge in [0.1, 0.15) is 5.75 Å². The third-order valence-electron chi connectivity index (χ3n) is 4.73. The summed E-state index contributed by atoms with van der Waals surface area (Å²) in [7, 11) is 1.47. The predicted octanol–water partition coefficient (Wildman–Crippen LogP) is 3.89. The minimum absolute atomic E-state index is 0.0583. The van der Waals surface area contributed by atoms with E-state index in [1.54, 1.807) is 12.1 Å². The van der Waals surface area contributed by atoms with Crippen LogP contribution in [0.2, 0.25) is 0 Å². The average molecular weight is 446 g/mol. The Labute approximate surface area is 182 Å². The third kappa shape index (κ3) is 4.90. The summed E-state index contributed by atoms with van der Waals surface area (Å²) in [6.07, 6.45) is -3.41. The van der Waals surface area contributed by atoms with Gasteiger partial charge in [-0.25, -0.2) is 4.68 Å². The van der Waals surface area contributed by atoms with Crippen LogP contribution in [-0.4, -0.2) is 35.2 Å². The van der Waals surface area contributed by atoms with E-state index in [1.807, 2.05) is 13.0 Å². The molecule has 0 unspecified atom stereocenters. The molecule has 0 saturated carbocycles. The Hall–Kier alpha value is -3.82. The lowest BCUT2D eigenvalue weighted by Gasteiger charge is -2.14. The van der Waals surface area contributed by atoms with Crippen LogP contribution in [0.5, 0.6) is 5.75 Å². The zero-order valence-electron chi connectivity index (χ0n) is 17.6. The van der Waals surface area contributed by atoms with Crippen LogP contribution in [0.25, 0.3) is 5.69 Å². The maximum Gasteiger partial charge on any atom is 0.418 e. The van der Waals surface area contributed by atoms with Crippen LogP contribution in [-0.2, 0) is 11.0 Å². The number of halogens is 3. The van der Waals surface area contributed by atoms with Gasteiger partial charge in [0.05, 0.1) is 48.0 Å². The second-order valence-electron chi connectivity index (χ2n) is 7.00. The first-order valence-electron chi connectivity index (χ1n) is 9.55. The molecule has 2 N–H and O–H groups in total. The highest BCUT2D eigenvalue weighted by molar-refractivity contribution is 6.00. The van der Waals surface area contributed by atoms with E-state index in [0.717, 1.165) is 16.3 Å². The predicted molar refractivity (Wildman–Crippen MR) is 112 cm³/mol. The van der Waals surface area contributed by atoms with Crippen LogP contribution in [0.3, 0.4) is 0 Å². The molecule has 3 aromatic rings. The molecule has 1 aromatic heterocycles. The summed E-state index contributed by atoms with van der Waals surface area (Å²) in [5, 5.41) is 9.06. The fraction of sp³-hybridized carbons (Fsp3) is 0.227. The van der Waals surface area contributed by atoms with E-state index in [0.29, 0.717) is 11.4 Å². The molecule has 0 atom stereocenters. The summed E-state index contributed by atoms with van der Waals surface area (Å²) < 4.78 is 46.2.